The molecule has 7 N–H and O–H groups in total. The van der Waals surface area contributed by atoms with Crippen LogP contribution in [0, 0.1) is 0 Å². The Morgan fingerprint density at radius 2 is 1.46 bits per heavy atom. The number of carboxylic acids is 1. The lowest BCUT2D eigenvalue weighted by molar-refractivity contribution is -0.138. The molecule has 0 radical (unpaired) electrons. The zero-order chi connectivity index (χ0) is 30.2. The van der Waals surface area contributed by atoms with Crippen LogP contribution < -0.4 is 21.7 Å². The van der Waals surface area contributed by atoms with E-state index in [0.717, 1.165) is 11.1 Å². The van der Waals surface area contributed by atoms with Crippen molar-refractivity contribution in [2.75, 3.05) is 0 Å². The van der Waals surface area contributed by atoms with Crippen LogP contribution in [0.4, 0.5) is 4.79 Å². The van der Waals surface area contributed by atoms with Crippen molar-refractivity contribution in [2.24, 2.45) is 5.73 Å². The normalized spacial score (nSPS) is 13.6. The van der Waals surface area contributed by atoms with Crippen molar-refractivity contribution >= 4 is 29.8 Å². The van der Waals surface area contributed by atoms with E-state index in [1.165, 1.54) is 0 Å². The van der Waals surface area contributed by atoms with Crippen LogP contribution in [0.5, 0.6) is 0 Å². The molecule has 0 fully saturated rings. The summed E-state index contributed by atoms with van der Waals surface area (Å²) in [6.07, 6.45) is -2.37. The Bertz CT molecular complexity index is 1150. The first-order valence-corrected chi connectivity index (χ1v) is 13.4. The highest BCUT2D eigenvalue weighted by Crippen LogP contribution is 2.11. The molecule has 2 rings (SSSR count). The number of amides is 4. The molecule has 2 aromatic rings. The number of aliphatic hydroxyl groups is 1. The van der Waals surface area contributed by atoms with Gasteiger partial charge in [-0.15, -0.1) is 0 Å². The minimum absolute atomic E-state index is 0.00596. The van der Waals surface area contributed by atoms with Crippen molar-refractivity contribution in [1.82, 2.24) is 16.0 Å². The zero-order valence-corrected chi connectivity index (χ0v) is 23.0. The minimum atomic E-state index is -1.39. The summed E-state index contributed by atoms with van der Waals surface area (Å²) in [5.74, 6) is -3.47. The molecule has 41 heavy (non-hydrogen) atoms. The SMILES string of the molecule is CCC[C@H](NC(=O)[C@H](CCC(=O)O)NC(=O)C[C@H](O)[C@H](Cc1ccccc1)NC(=O)OCc1ccccc1)C(N)=O. The molecular formula is C29H38N4O8. The van der Waals surface area contributed by atoms with Gasteiger partial charge in [0.2, 0.25) is 17.7 Å². The number of primary amides is 1. The van der Waals surface area contributed by atoms with Crippen LogP contribution in [0.2, 0.25) is 0 Å². The van der Waals surface area contributed by atoms with E-state index in [1.807, 2.05) is 12.1 Å². The van der Waals surface area contributed by atoms with Gasteiger partial charge in [0.05, 0.1) is 18.6 Å². The Morgan fingerprint density at radius 1 is 0.854 bits per heavy atom. The molecule has 0 aliphatic carbocycles. The van der Waals surface area contributed by atoms with E-state index >= 15 is 0 Å². The van der Waals surface area contributed by atoms with Gasteiger partial charge in [-0.25, -0.2) is 4.79 Å². The van der Waals surface area contributed by atoms with Gasteiger partial charge in [0.25, 0.3) is 0 Å². The van der Waals surface area contributed by atoms with Gasteiger partial charge in [0.1, 0.15) is 18.7 Å². The highest BCUT2D eigenvalue weighted by molar-refractivity contribution is 5.92. The van der Waals surface area contributed by atoms with Crippen LogP contribution in [-0.4, -0.2) is 64.2 Å². The average Bonchev–Trinajstić information content (AvgIpc) is 2.94. The van der Waals surface area contributed by atoms with Crippen LogP contribution in [0.1, 0.15) is 50.2 Å². The van der Waals surface area contributed by atoms with E-state index in [4.69, 9.17) is 15.6 Å². The van der Waals surface area contributed by atoms with Gasteiger partial charge in [-0.2, -0.15) is 0 Å². The molecule has 12 nitrogen and oxygen atoms in total. The van der Waals surface area contributed by atoms with Crippen molar-refractivity contribution < 1.29 is 38.9 Å². The summed E-state index contributed by atoms with van der Waals surface area (Å²) >= 11 is 0. The maximum atomic E-state index is 12.9. The number of nitrogens with one attached hydrogen (secondary N) is 3. The maximum Gasteiger partial charge on any atom is 0.407 e. The fourth-order valence-electron chi connectivity index (χ4n) is 4.04. The second kappa shape index (κ2) is 17.3. The number of hydrogen-bond acceptors (Lipinski definition) is 7. The largest absolute Gasteiger partial charge is 0.481 e. The second-order valence-corrected chi connectivity index (χ2v) is 9.58. The fourth-order valence-corrected chi connectivity index (χ4v) is 4.04. The lowest BCUT2D eigenvalue weighted by Crippen LogP contribution is -2.54. The standard InChI is InChI=1S/C29H38N4O8/c1-2-9-21(27(30)38)32-28(39)22(14-15-26(36)37)31-25(35)17-24(34)23(16-19-10-5-3-6-11-19)33-29(40)41-18-20-12-7-4-8-13-20/h3-8,10-13,21-24,34H,2,9,14-18H2,1H3,(H2,30,38)(H,31,35)(H,32,39)(H,33,40)(H,36,37)/t21-,22-,23-,24-/m0/s1. The van der Waals surface area contributed by atoms with Gasteiger partial charge >= 0.3 is 12.1 Å². The van der Waals surface area contributed by atoms with Crippen LogP contribution in [0.3, 0.4) is 0 Å². The van der Waals surface area contributed by atoms with E-state index in [9.17, 15) is 29.1 Å². The van der Waals surface area contributed by atoms with Crippen molar-refractivity contribution in [2.45, 2.75) is 76.3 Å². The minimum Gasteiger partial charge on any atom is -0.481 e. The summed E-state index contributed by atoms with van der Waals surface area (Å²) in [7, 11) is 0. The molecule has 4 amide bonds. The van der Waals surface area contributed by atoms with Gasteiger partial charge in [-0.05, 0) is 30.4 Å². The summed E-state index contributed by atoms with van der Waals surface area (Å²) < 4.78 is 5.27. The van der Waals surface area contributed by atoms with E-state index in [1.54, 1.807) is 55.5 Å². The third-order valence-corrected chi connectivity index (χ3v) is 6.21. The molecule has 0 unspecified atom stereocenters. The molecule has 4 atom stereocenters. The third kappa shape index (κ3) is 12.5. The van der Waals surface area contributed by atoms with Crippen molar-refractivity contribution in [3.8, 4) is 0 Å². The Morgan fingerprint density at radius 3 is 2.02 bits per heavy atom. The number of alkyl carbamates (subject to hydrolysis) is 1. The molecule has 0 saturated heterocycles. The maximum absolute atomic E-state index is 12.9. The summed E-state index contributed by atoms with van der Waals surface area (Å²) in [6, 6.07) is 14.8. The number of carbonyl (C=O) groups excluding carboxylic acids is 4. The van der Waals surface area contributed by atoms with E-state index in [0.29, 0.717) is 6.42 Å². The number of carbonyl (C=O) groups is 5. The zero-order valence-electron chi connectivity index (χ0n) is 23.0. The Labute approximate surface area is 238 Å². The average molecular weight is 571 g/mol. The van der Waals surface area contributed by atoms with E-state index in [2.05, 4.69) is 16.0 Å². The Hall–Kier alpha value is -4.45. The lowest BCUT2D eigenvalue weighted by atomic mass is 9.98. The van der Waals surface area contributed by atoms with Crippen LogP contribution in [0.25, 0.3) is 0 Å². The molecule has 12 heteroatoms. The highest BCUT2D eigenvalue weighted by atomic mass is 16.5. The number of aliphatic hydroxyl groups excluding tert-OH is 1. The highest BCUT2D eigenvalue weighted by Gasteiger charge is 2.29. The van der Waals surface area contributed by atoms with Gasteiger partial charge in [-0.1, -0.05) is 74.0 Å². The quantitative estimate of drug-likeness (QED) is 0.164. The number of carboxylic acid groups (broad SMARTS) is 1. The first-order valence-electron chi connectivity index (χ1n) is 13.4. The molecule has 0 aliphatic heterocycles. The van der Waals surface area contributed by atoms with E-state index in [-0.39, 0.29) is 25.9 Å². The molecule has 0 heterocycles. The number of nitrogens with two attached hydrogens (primary N) is 1. The molecule has 0 bridgehead atoms. The van der Waals surface area contributed by atoms with Crippen molar-refractivity contribution in [3.05, 3.63) is 71.8 Å². The molecule has 0 saturated carbocycles. The molecule has 2 aromatic carbocycles. The van der Waals surface area contributed by atoms with Gasteiger partial charge in [0, 0.05) is 6.42 Å². The van der Waals surface area contributed by atoms with Crippen molar-refractivity contribution in [1.29, 1.82) is 0 Å². The van der Waals surface area contributed by atoms with Gasteiger partial charge in [-0.3, -0.25) is 19.2 Å². The Kier molecular flexibility index (Phi) is 13.8. The van der Waals surface area contributed by atoms with Gasteiger partial charge < -0.3 is 36.6 Å². The Balaban J connectivity index is 2.08. The smallest absolute Gasteiger partial charge is 0.407 e. The monoisotopic (exact) mass is 570 g/mol. The predicted molar refractivity (Wildman–Crippen MR) is 149 cm³/mol. The summed E-state index contributed by atoms with van der Waals surface area (Å²) in [5, 5.41) is 27.5. The first-order chi connectivity index (χ1) is 19.6. The summed E-state index contributed by atoms with van der Waals surface area (Å²) in [5.41, 5.74) is 6.89. The van der Waals surface area contributed by atoms with Crippen LogP contribution in [0.15, 0.2) is 60.7 Å². The first kappa shape index (κ1) is 32.8. The van der Waals surface area contributed by atoms with Crippen molar-refractivity contribution in [3.63, 3.8) is 0 Å². The number of hydrogen-bond donors (Lipinski definition) is 6. The lowest BCUT2D eigenvalue weighted by Gasteiger charge is -2.25. The van der Waals surface area contributed by atoms with Gasteiger partial charge in [0.15, 0.2) is 0 Å². The number of aliphatic carboxylic acids is 1. The fraction of sp³-hybridized carbons (Fsp3) is 0.414. The molecule has 0 aliphatic rings. The second-order valence-electron chi connectivity index (χ2n) is 9.58. The number of ether oxygens (including phenoxy) is 1. The summed E-state index contributed by atoms with van der Waals surface area (Å²) in [6.45, 7) is 1.80. The molecular weight excluding hydrogens is 532 g/mol. The summed E-state index contributed by atoms with van der Waals surface area (Å²) in [4.78, 5) is 61.0. The predicted octanol–water partition coefficient (Wildman–Crippen LogP) is 1.39. The van der Waals surface area contributed by atoms with Crippen LogP contribution in [-0.2, 0) is 36.9 Å². The third-order valence-electron chi connectivity index (χ3n) is 6.21. The molecule has 0 aromatic heterocycles. The molecule has 222 valence electrons. The number of rotatable bonds is 17. The van der Waals surface area contributed by atoms with E-state index < -0.39 is 66.9 Å². The molecule has 0 spiro atoms. The number of benzene rings is 2. The topological polar surface area (TPSA) is 197 Å². The van der Waals surface area contributed by atoms with Crippen LogP contribution >= 0.6 is 0 Å².